The zero-order valence-corrected chi connectivity index (χ0v) is 17.0. The van der Waals surface area contributed by atoms with Gasteiger partial charge in [-0.2, -0.15) is 0 Å². The Kier molecular flexibility index (Phi) is 5.68. The van der Waals surface area contributed by atoms with Crippen molar-refractivity contribution in [2.24, 2.45) is 23.2 Å². The van der Waals surface area contributed by atoms with Crippen LogP contribution in [0.1, 0.15) is 81.8 Å². The summed E-state index contributed by atoms with van der Waals surface area (Å²) in [7, 11) is 0. The van der Waals surface area contributed by atoms with Crippen molar-refractivity contribution in [3.05, 3.63) is 16.1 Å². The molecule has 1 aromatic rings. The molecule has 3 saturated carbocycles. The van der Waals surface area contributed by atoms with Crippen molar-refractivity contribution in [2.75, 3.05) is 6.61 Å². The van der Waals surface area contributed by atoms with Gasteiger partial charge in [0.15, 0.2) is 0 Å². The summed E-state index contributed by atoms with van der Waals surface area (Å²) in [5, 5.41) is 3.21. The summed E-state index contributed by atoms with van der Waals surface area (Å²) in [5.41, 5.74) is 1.58. The van der Waals surface area contributed by atoms with Crippen LogP contribution in [0.3, 0.4) is 0 Å². The maximum atomic E-state index is 11.6. The molecule has 0 N–H and O–H groups in total. The Labute approximate surface area is 161 Å². The summed E-state index contributed by atoms with van der Waals surface area (Å²) < 4.78 is 5.01. The number of unbranched alkanes of at least 4 members (excludes halogenated alkanes) is 1. The molecule has 144 valence electrons. The number of esters is 1. The monoisotopic (exact) mass is 375 g/mol. The number of carbonyl (C=O) groups excluding carboxylic acids is 1. The van der Waals surface area contributed by atoms with E-state index in [0.29, 0.717) is 18.4 Å². The molecule has 3 fully saturated rings. The first-order chi connectivity index (χ1) is 12.7. The van der Waals surface area contributed by atoms with Crippen LogP contribution in [0.4, 0.5) is 0 Å². The predicted octanol–water partition coefficient (Wildman–Crippen LogP) is 5.57. The normalized spacial score (nSPS) is 32.6. The van der Waals surface area contributed by atoms with Crippen molar-refractivity contribution in [2.45, 2.75) is 84.0 Å². The minimum Gasteiger partial charge on any atom is -0.466 e. The number of nitrogens with zero attached hydrogens (tertiary/aromatic N) is 1. The average molecular weight is 376 g/mol. The minimum absolute atomic E-state index is 0.165. The quantitative estimate of drug-likeness (QED) is 0.440. The second kappa shape index (κ2) is 8.00. The van der Waals surface area contributed by atoms with Crippen LogP contribution in [0.5, 0.6) is 0 Å². The Bertz CT molecular complexity index is 623. The molecule has 4 heteroatoms. The number of carbonyl (C=O) groups is 1. The third-order valence-corrected chi connectivity index (χ3v) is 8.14. The first-order valence-electron chi connectivity index (χ1n) is 10.7. The van der Waals surface area contributed by atoms with Crippen molar-refractivity contribution < 1.29 is 9.53 Å². The Morgan fingerprint density at radius 3 is 3.04 bits per heavy atom. The fraction of sp³-hybridized carbons (Fsp3) is 0.818. The maximum absolute atomic E-state index is 11.6. The van der Waals surface area contributed by atoms with Gasteiger partial charge in [-0.25, -0.2) is 4.98 Å². The zero-order chi connectivity index (χ0) is 18.0. The van der Waals surface area contributed by atoms with Crippen LogP contribution in [0, 0.1) is 23.2 Å². The number of hydrogen-bond donors (Lipinski definition) is 0. The van der Waals surface area contributed by atoms with E-state index in [-0.39, 0.29) is 5.97 Å². The van der Waals surface area contributed by atoms with Gasteiger partial charge in [-0.3, -0.25) is 4.79 Å². The predicted molar refractivity (Wildman–Crippen MR) is 105 cm³/mol. The highest BCUT2D eigenvalue weighted by Gasteiger charge is 2.50. The van der Waals surface area contributed by atoms with Gasteiger partial charge in [-0.15, -0.1) is 11.3 Å². The van der Waals surface area contributed by atoms with E-state index in [9.17, 15) is 4.79 Å². The van der Waals surface area contributed by atoms with Crippen LogP contribution >= 0.6 is 11.3 Å². The van der Waals surface area contributed by atoms with Crippen molar-refractivity contribution in [3.8, 4) is 0 Å². The Hall–Kier alpha value is -0.900. The molecule has 3 aliphatic rings. The van der Waals surface area contributed by atoms with E-state index < -0.39 is 0 Å². The van der Waals surface area contributed by atoms with Crippen LogP contribution < -0.4 is 0 Å². The van der Waals surface area contributed by atoms with Gasteiger partial charge in [0.25, 0.3) is 0 Å². The molecule has 0 aromatic carbocycles. The Morgan fingerprint density at radius 1 is 1.27 bits per heavy atom. The van der Waals surface area contributed by atoms with E-state index >= 15 is 0 Å². The molecular weight excluding hydrogens is 342 g/mol. The summed E-state index contributed by atoms with van der Waals surface area (Å²) in [6, 6.07) is 0. The van der Waals surface area contributed by atoms with Gasteiger partial charge in [-0.1, -0.05) is 25.7 Å². The lowest BCUT2D eigenvalue weighted by Gasteiger charge is -2.38. The SMILES string of the molecule is CCOC(=O)Cc1csc(CCCCC23CC4CCCC(C2)C(C4)C3)n1. The van der Waals surface area contributed by atoms with E-state index in [1.165, 1.54) is 62.8 Å². The molecule has 4 rings (SSSR count). The molecule has 0 radical (unpaired) electrons. The Balaban J connectivity index is 1.22. The lowest BCUT2D eigenvalue weighted by atomic mass is 9.67. The fourth-order valence-electron chi connectivity index (χ4n) is 6.31. The molecule has 0 aliphatic heterocycles. The van der Waals surface area contributed by atoms with Crippen LogP contribution in [0.2, 0.25) is 0 Å². The van der Waals surface area contributed by atoms with E-state index in [4.69, 9.17) is 4.74 Å². The number of aryl methyl sites for hydroxylation is 1. The number of hydrogen-bond acceptors (Lipinski definition) is 4. The number of fused-ring (bicyclic) bond motifs is 2. The largest absolute Gasteiger partial charge is 0.466 e. The molecule has 3 nitrogen and oxygen atoms in total. The van der Waals surface area contributed by atoms with Crippen LogP contribution in [-0.2, 0) is 22.4 Å². The highest BCUT2D eigenvalue weighted by Crippen LogP contribution is 2.61. The van der Waals surface area contributed by atoms with Crippen molar-refractivity contribution in [3.63, 3.8) is 0 Å². The third-order valence-electron chi connectivity index (χ3n) is 7.18. The fourth-order valence-corrected chi connectivity index (χ4v) is 7.15. The molecule has 4 atom stereocenters. The second-order valence-electron chi connectivity index (χ2n) is 9.09. The van der Waals surface area contributed by atoms with Gasteiger partial charge in [-0.05, 0) is 75.0 Å². The third kappa shape index (κ3) is 4.16. The summed E-state index contributed by atoms with van der Waals surface area (Å²) in [6.45, 7) is 2.29. The van der Waals surface area contributed by atoms with Crippen molar-refractivity contribution in [1.29, 1.82) is 0 Å². The summed E-state index contributed by atoms with van der Waals surface area (Å²) in [4.78, 5) is 16.2. The van der Waals surface area contributed by atoms with E-state index in [1.807, 2.05) is 12.3 Å². The van der Waals surface area contributed by atoms with Crippen molar-refractivity contribution in [1.82, 2.24) is 4.98 Å². The summed E-state index contributed by atoms with van der Waals surface area (Å²) in [6.07, 6.45) is 16.1. The van der Waals surface area contributed by atoms with Gasteiger partial charge in [0.2, 0.25) is 0 Å². The van der Waals surface area contributed by atoms with E-state index in [0.717, 1.165) is 29.9 Å². The smallest absolute Gasteiger partial charge is 0.311 e. The molecule has 1 heterocycles. The van der Waals surface area contributed by atoms with Gasteiger partial charge < -0.3 is 4.74 Å². The molecular formula is C22H33NO2S. The molecule has 4 unspecified atom stereocenters. The lowest BCUT2D eigenvalue weighted by Crippen LogP contribution is -2.26. The van der Waals surface area contributed by atoms with Gasteiger partial charge in [0.05, 0.1) is 23.7 Å². The highest BCUT2D eigenvalue weighted by molar-refractivity contribution is 7.09. The number of ether oxygens (including phenoxy) is 1. The average Bonchev–Trinajstić information content (AvgIpc) is 3.09. The van der Waals surface area contributed by atoms with E-state index in [1.54, 1.807) is 17.8 Å². The summed E-state index contributed by atoms with van der Waals surface area (Å²) >= 11 is 1.70. The molecule has 26 heavy (non-hydrogen) atoms. The zero-order valence-electron chi connectivity index (χ0n) is 16.2. The second-order valence-corrected chi connectivity index (χ2v) is 10.0. The number of aromatic nitrogens is 1. The first-order valence-corrected chi connectivity index (χ1v) is 11.6. The molecule has 0 amide bonds. The minimum atomic E-state index is -0.165. The molecule has 0 spiro atoms. The molecule has 1 aromatic heterocycles. The van der Waals surface area contributed by atoms with Crippen LogP contribution in [0.15, 0.2) is 5.38 Å². The summed E-state index contributed by atoms with van der Waals surface area (Å²) in [5.74, 6) is 3.01. The standard InChI is InChI=1S/C22H33NO2S/c1-2-25-21(24)11-19-15-26-20(23-19)8-3-4-9-22-12-16-6-5-7-17(13-22)18(10-16)14-22/h15-18H,2-14H2,1H3. The van der Waals surface area contributed by atoms with Gasteiger partial charge in [0.1, 0.15) is 0 Å². The lowest BCUT2D eigenvalue weighted by molar-refractivity contribution is -0.142. The number of thiazole rings is 1. The number of rotatable bonds is 8. The maximum Gasteiger partial charge on any atom is 0.311 e. The van der Waals surface area contributed by atoms with Crippen LogP contribution in [-0.4, -0.2) is 17.6 Å². The first kappa shape index (κ1) is 18.5. The van der Waals surface area contributed by atoms with Gasteiger partial charge in [0, 0.05) is 5.38 Å². The van der Waals surface area contributed by atoms with E-state index in [2.05, 4.69) is 4.98 Å². The Morgan fingerprint density at radius 2 is 2.15 bits per heavy atom. The van der Waals surface area contributed by atoms with Gasteiger partial charge >= 0.3 is 5.97 Å². The topological polar surface area (TPSA) is 39.2 Å². The molecule has 0 saturated heterocycles. The van der Waals surface area contributed by atoms with Crippen LogP contribution in [0.25, 0.3) is 0 Å². The molecule has 3 aliphatic carbocycles. The van der Waals surface area contributed by atoms with Crippen molar-refractivity contribution >= 4 is 17.3 Å². The molecule has 3 bridgehead atoms. The highest BCUT2D eigenvalue weighted by atomic mass is 32.1.